The zero-order valence-corrected chi connectivity index (χ0v) is 7.00. The highest BCUT2D eigenvalue weighted by atomic mass is 14.2. The summed E-state index contributed by atoms with van der Waals surface area (Å²) in [6.45, 7) is 0. The maximum Gasteiger partial charge on any atom is -0.00190 e. The predicted molar refractivity (Wildman–Crippen MR) is 48.3 cm³/mol. The van der Waals surface area contributed by atoms with Gasteiger partial charge in [-0.25, -0.2) is 0 Å². The highest BCUT2D eigenvalue weighted by Crippen LogP contribution is 2.32. The summed E-state index contributed by atoms with van der Waals surface area (Å²) < 4.78 is 0. The van der Waals surface area contributed by atoms with E-state index in [1.54, 1.807) is 0 Å². The van der Waals surface area contributed by atoms with Gasteiger partial charge in [-0.2, -0.15) is 0 Å². The Bertz CT molecular complexity index is 158. The molecule has 0 aromatic rings. The van der Waals surface area contributed by atoms with Crippen LogP contribution in [0.5, 0.6) is 0 Å². The van der Waals surface area contributed by atoms with Crippen LogP contribution >= 0.6 is 0 Å². The van der Waals surface area contributed by atoms with Crippen LogP contribution in [0.25, 0.3) is 0 Å². The average Bonchev–Trinajstić information content (AvgIpc) is 2.58. The Morgan fingerprint density at radius 1 is 0.818 bits per heavy atom. The average molecular weight is 148 g/mol. The lowest BCUT2D eigenvalue weighted by Crippen LogP contribution is -2.13. The lowest BCUT2D eigenvalue weighted by atomic mass is 9.81. The standard InChI is InChI=1S/C11H16/c1-2-6-10(7-3-1)11-8-4-5-9-11/h4-5,8-11H,1-3,6-7H2. The summed E-state index contributed by atoms with van der Waals surface area (Å²) in [4.78, 5) is 0. The van der Waals surface area contributed by atoms with Crippen molar-refractivity contribution in [2.75, 3.05) is 0 Å². The van der Waals surface area contributed by atoms with Gasteiger partial charge in [0.25, 0.3) is 0 Å². The minimum atomic E-state index is 0.787. The van der Waals surface area contributed by atoms with Gasteiger partial charge < -0.3 is 0 Å². The normalized spacial score (nSPS) is 26.5. The van der Waals surface area contributed by atoms with Crippen molar-refractivity contribution in [1.29, 1.82) is 0 Å². The van der Waals surface area contributed by atoms with Gasteiger partial charge >= 0.3 is 0 Å². The molecule has 0 heteroatoms. The quantitative estimate of drug-likeness (QED) is 0.535. The molecule has 60 valence electrons. The largest absolute Gasteiger partial charge is 0.0773 e. The van der Waals surface area contributed by atoms with E-state index in [1.165, 1.54) is 32.1 Å². The Morgan fingerprint density at radius 2 is 1.45 bits per heavy atom. The highest BCUT2D eigenvalue weighted by Gasteiger charge is 2.20. The zero-order valence-electron chi connectivity index (χ0n) is 7.00. The van der Waals surface area contributed by atoms with Crippen molar-refractivity contribution in [1.82, 2.24) is 0 Å². The van der Waals surface area contributed by atoms with Crippen LogP contribution in [0.15, 0.2) is 24.3 Å². The molecule has 0 radical (unpaired) electrons. The molecule has 0 bridgehead atoms. The third-order valence-electron chi connectivity index (χ3n) is 2.97. The van der Waals surface area contributed by atoms with Crippen molar-refractivity contribution in [3.63, 3.8) is 0 Å². The van der Waals surface area contributed by atoms with Crippen LogP contribution in [-0.2, 0) is 0 Å². The lowest BCUT2D eigenvalue weighted by molar-refractivity contribution is 0.319. The molecule has 0 heterocycles. The molecule has 0 spiro atoms. The molecule has 11 heavy (non-hydrogen) atoms. The number of hydrogen-bond acceptors (Lipinski definition) is 0. The van der Waals surface area contributed by atoms with Crippen LogP contribution in [0.4, 0.5) is 0 Å². The van der Waals surface area contributed by atoms with Gasteiger partial charge in [0, 0.05) is 0 Å². The van der Waals surface area contributed by atoms with Gasteiger partial charge in [0.05, 0.1) is 0 Å². The fraction of sp³-hybridized carbons (Fsp3) is 0.636. The molecule has 2 rings (SSSR count). The smallest absolute Gasteiger partial charge is 0.00190 e. The molecule has 0 aliphatic heterocycles. The molecule has 2 aliphatic rings. The van der Waals surface area contributed by atoms with Gasteiger partial charge in [0.2, 0.25) is 0 Å². The first kappa shape index (κ1) is 7.15. The fourth-order valence-corrected chi connectivity index (χ4v) is 2.28. The second-order valence-corrected chi connectivity index (χ2v) is 3.75. The molecule has 0 saturated heterocycles. The van der Waals surface area contributed by atoms with Crippen molar-refractivity contribution in [2.45, 2.75) is 32.1 Å². The predicted octanol–water partition coefficient (Wildman–Crippen LogP) is 3.31. The van der Waals surface area contributed by atoms with Crippen molar-refractivity contribution >= 4 is 0 Å². The summed E-state index contributed by atoms with van der Waals surface area (Å²) >= 11 is 0. The lowest BCUT2D eigenvalue weighted by Gasteiger charge is -2.24. The van der Waals surface area contributed by atoms with Crippen molar-refractivity contribution in [3.05, 3.63) is 24.3 Å². The van der Waals surface area contributed by atoms with E-state index in [-0.39, 0.29) is 0 Å². The molecular weight excluding hydrogens is 132 g/mol. The van der Waals surface area contributed by atoms with Gasteiger partial charge in [-0.05, 0) is 24.7 Å². The second-order valence-electron chi connectivity index (χ2n) is 3.75. The molecule has 0 amide bonds. The van der Waals surface area contributed by atoms with Crippen LogP contribution in [0, 0.1) is 11.8 Å². The Kier molecular flexibility index (Phi) is 2.11. The highest BCUT2D eigenvalue weighted by molar-refractivity contribution is 5.18. The molecule has 1 fully saturated rings. The minimum Gasteiger partial charge on any atom is -0.0773 e. The van der Waals surface area contributed by atoms with E-state index in [4.69, 9.17) is 0 Å². The summed E-state index contributed by atoms with van der Waals surface area (Å²) in [5.74, 6) is 1.76. The molecule has 0 N–H and O–H groups in total. The van der Waals surface area contributed by atoms with Gasteiger partial charge in [-0.1, -0.05) is 43.6 Å². The van der Waals surface area contributed by atoms with Crippen molar-refractivity contribution in [3.8, 4) is 0 Å². The maximum atomic E-state index is 2.36. The Hall–Kier alpha value is -0.520. The number of rotatable bonds is 1. The summed E-state index contributed by atoms with van der Waals surface area (Å²) in [5, 5.41) is 0. The van der Waals surface area contributed by atoms with E-state index in [9.17, 15) is 0 Å². The molecule has 0 atom stereocenters. The summed E-state index contributed by atoms with van der Waals surface area (Å²) in [6.07, 6.45) is 16.4. The maximum absolute atomic E-state index is 2.36. The second kappa shape index (κ2) is 3.25. The van der Waals surface area contributed by atoms with E-state index >= 15 is 0 Å². The number of allylic oxidation sites excluding steroid dienone is 4. The van der Waals surface area contributed by atoms with Crippen molar-refractivity contribution in [2.24, 2.45) is 11.8 Å². The first-order valence-electron chi connectivity index (χ1n) is 4.82. The molecule has 0 aromatic carbocycles. The van der Waals surface area contributed by atoms with Crippen LogP contribution in [0.3, 0.4) is 0 Å². The zero-order chi connectivity index (χ0) is 7.52. The van der Waals surface area contributed by atoms with Gasteiger partial charge in [-0.15, -0.1) is 0 Å². The third kappa shape index (κ3) is 1.55. The van der Waals surface area contributed by atoms with E-state index in [0.29, 0.717) is 0 Å². The Morgan fingerprint density at radius 3 is 2.09 bits per heavy atom. The van der Waals surface area contributed by atoms with Gasteiger partial charge in [0.15, 0.2) is 0 Å². The monoisotopic (exact) mass is 148 g/mol. The first-order chi connectivity index (χ1) is 5.47. The fourth-order valence-electron chi connectivity index (χ4n) is 2.28. The van der Waals surface area contributed by atoms with E-state index in [0.717, 1.165) is 11.8 Å². The summed E-state index contributed by atoms with van der Waals surface area (Å²) in [6, 6.07) is 0. The molecule has 0 unspecified atom stereocenters. The topological polar surface area (TPSA) is 0 Å². The van der Waals surface area contributed by atoms with Crippen LogP contribution < -0.4 is 0 Å². The SMILES string of the molecule is C1=CC(C2CCCCC2)C=C1. The molecule has 0 nitrogen and oxygen atoms in total. The summed E-state index contributed by atoms with van der Waals surface area (Å²) in [7, 11) is 0. The molecule has 1 saturated carbocycles. The first-order valence-corrected chi connectivity index (χ1v) is 4.82. The molecule has 2 aliphatic carbocycles. The van der Waals surface area contributed by atoms with Gasteiger partial charge in [0.1, 0.15) is 0 Å². The van der Waals surface area contributed by atoms with Crippen molar-refractivity contribution < 1.29 is 0 Å². The van der Waals surface area contributed by atoms with Gasteiger partial charge in [-0.3, -0.25) is 0 Å². The Labute approximate surface area is 69.0 Å². The van der Waals surface area contributed by atoms with Crippen LogP contribution in [0.2, 0.25) is 0 Å². The Balaban J connectivity index is 1.92. The number of hydrogen-bond donors (Lipinski definition) is 0. The molecular formula is C11H16. The molecule has 0 aromatic heterocycles. The van der Waals surface area contributed by atoms with E-state index in [2.05, 4.69) is 24.3 Å². The van der Waals surface area contributed by atoms with E-state index < -0.39 is 0 Å². The van der Waals surface area contributed by atoms with E-state index in [1.807, 2.05) is 0 Å². The minimum absolute atomic E-state index is 0.787. The van der Waals surface area contributed by atoms with Crippen LogP contribution in [0.1, 0.15) is 32.1 Å². The summed E-state index contributed by atoms with van der Waals surface area (Å²) in [5.41, 5.74) is 0. The third-order valence-corrected chi connectivity index (χ3v) is 2.97. The van der Waals surface area contributed by atoms with Crippen LogP contribution in [-0.4, -0.2) is 0 Å².